The second kappa shape index (κ2) is 4.80. The first-order valence-corrected chi connectivity index (χ1v) is 7.68. The number of hydrogen-bond donors (Lipinski definition) is 0. The molecule has 0 aliphatic heterocycles. The van der Waals surface area contributed by atoms with Crippen LogP contribution in [0.1, 0.15) is 34.1 Å². The largest absolute Gasteiger partial charge is 0.276 e. The topological polar surface area (TPSA) is 34.1 Å². The average molecular weight is 329 g/mol. The van der Waals surface area contributed by atoms with Gasteiger partial charge in [-0.2, -0.15) is 0 Å². The Balaban J connectivity index is 2.13. The third-order valence-electron chi connectivity index (χ3n) is 4.53. The lowest BCUT2D eigenvalue weighted by Crippen LogP contribution is -2.32. The van der Waals surface area contributed by atoms with Gasteiger partial charge in [0.15, 0.2) is 0 Å². The number of carbonyl (C=O) groups is 2. The van der Waals surface area contributed by atoms with Gasteiger partial charge in [-0.15, -0.1) is 0 Å². The molecule has 4 heteroatoms. The first-order chi connectivity index (χ1) is 10.6. The van der Waals surface area contributed by atoms with Crippen molar-refractivity contribution in [3.8, 4) is 0 Å². The van der Waals surface area contributed by atoms with Gasteiger partial charge in [-0.05, 0) is 45.5 Å². The molecule has 22 heavy (non-hydrogen) atoms. The number of benzene rings is 2. The summed E-state index contributed by atoms with van der Waals surface area (Å²) < 4.78 is 0. The zero-order valence-corrected chi connectivity index (χ0v) is 12.9. The van der Waals surface area contributed by atoms with Crippen LogP contribution >= 0.6 is 23.2 Å². The van der Waals surface area contributed by atoms with E-state index in [1.165, 1.54) is 0 Å². The van der Waals surface area contributed by atoms with E-state index in [4.69, 9.17) is 23.2 Å². The molecule has 0 atom stereocenters. The van der Waals surface area contributed by atoms with Crippen LogP contribution in [0.25, 0.3) is 0 Å². The van der Waals surface area contributed by atoms with Crippen LogP contribution in [-0.4, -0.2) is 10.5 Å². The predicted molar refractivity (Wildman–Crippen MR) is 85.3 cm³/mol. The lowest BCUT2D eigenvalue weighted by Gasteiger charge is -2.41. The Kier molecular flexibility index (Phi) is 3.00. The van der Waals surface area contributed by atoms with Crippen LogP contribution in [0.5, 0.6) is 0 Å². The number of carbonyl (C=O) groups excluding carboxylic acids is 2. The van der Waals surface area contributed by atoms with E-state index in [1.807, 2.05) is 48.5 Å². The van der Waals surface area contributed by atoms with Gasteiger partial charge in [0, 0.05) is 23.0 Å². The second-order valence-electron chi connectivity index (χ2n) is 5.50. The summed E-state index contributed by atoms with van der Waals surface area (Å²) in [6.07, 6.45) is 0. The zero-order valence-electron chi connectivity index (χ0n) is 11.3. The van der Waals surface area contributed by atoms with Crippen LogP contribution in [-0.2, 0) is 9.59 Å². The van der Waals surface area contributed by atoms with Crippen molar-refractivity contribution < 1.29 is 9.59 Å². The van der Waals surface area contributed by atoms with Crippen molar-refractivity contribution in [2.45, 2.75) is 11.8 Å². The summed E-state index contributed by atoms with van der Waals surface area (Å²) in [7, 11) is 0. The van der Waals surface area contributed by atoms with Crippen molar-refractivity contribution in [1.82, 2.24) is 0 Å². The molecule has 0 radical (unpaired) electrons. The van der Waals surface area contributed by atoms with Gasteiger partial charge in [-0.25, -0.2) is 0 Å². The second-order valence-corrected chi connectivity index (χ2v) is 6.19. The molecule has 2 nitrogen and oxygen atoms in total. The molecule has 0 saturated heterocycles. The highest BCUT2D eigenvalue weighted by molar-refractivity contribution is 6.71. The van der Waals surface area contributed by atoms with Crippen molar-refractivity contribution >= 4 is 33.7 Å². The molecule has 0 unspecified atom stereocenters. The summed E-state index contributed by atoms with van der Waals surface area (Å²) in [6.45, 7) is 0. The van der Waals surface area contributed by atoms with Gasteiger partial charge >= 0.3 is 0 Å². The van der Waals surface area contributed by atoms with E-state index in [0.717, 1.165) is 22.3 Å². The minimum atomic E-state index is -0.608. The molecule has 2 aromatic carbocycles. The van der Waals surface area contributed by atoms with Gasteiger partial charge in [-0.3, -0.25) is 9.59 Å². The number of hydrogen-bond acceptors (Lipinski definition) is 2. The lowest BCUT2D eigenvalue weighted by atomic mass is 9.61. The summed E-state index contributed by atoms with van der Waals surface area (Å²) in [6, 6.07) is 15.7. The van der Waals surface area contributed by atoms with Crippen LogP contribution in [0.15, 0.2) is 59.7 Å². The van der Waals surface area contributed by atoms with Crippen molar-refractivity contribution in [1.29, 1.82) is 0 Å². The van der Waals surface area contributed by atoms with Crippen LogP contribution in [0.3, 0.4) is 0 Å². The smallest absolute Gasteiger partial charge is 0.249 e. The van der Waals surface area contributed by atoms with Gasteiger partial charge < -0.3 is 0 Å². The van der Waals surface area contributed by atoms with Crippen molar-refractivity contribution in [3.63, 3.8) is 0 Å². The molecule has 2 bridgehead atoms. The summed E-state index contributed by atoms with van der Waals surface area (Å²) >= 11 is 11.6. The number of rotatable bonds is 2. The molecular weight excluding hydrogens is 319 g/mol. The maximum atomic E-state index is 12.0. The summed E-state index contributed by atoms with van der Waals surface area (Å²) in [4.78, 5) is 24.0. The van der Waals surface area contributed by atoms with E-state index in [-0.39, 0.29) is 11.8 Å². The maximum Gasteiger partial charge on any atom is 0.249 e. The summed E-state index contributed by atoms with van der Waals surface area (Å²) in [5, 5.41) is -1.22. The molecule has 3 aliphatic rings. The Morgan fingerprint density at radius 2 is 0.909 bits per heavy atom. The SMILES string of the molecule is O=C(Cl)C1=C(C(=O)Cl)C2c3ccccc3C1c1ccccc12. The standard InChI is InChI=1S/C18H10Cl2O2/c19-17(21)15-13-9-5-1-2-6-10(9)14(16(15)18(20)22)12-8-4-3-7-11(12)13/h1-8,13-14H. The van der Waals surface area contributed by atoms with E-state index in [0.29, 0.717) is 11.1 Å². The Hall–Kier alpha value is -1.90. The summed E-state index contributed by atoms with van der Waals surface area (Å²) in [5.74, 6) is -0.639. The van der Waals surface area contributed by atoms with E-state index in [1.54, 1.807) is 0 Å². The van der Waals surface area contributed by atoms with E-state index < -0.39 is 10.5 Å². The molecule has 2 aromatic rings. The molecule has 3 aliphatic carbocycles. The van der Waals surface area contributed by atoms with Crippen LogP contribution in [0.4, 0.5) is 0 Å². The molecule has 0 heterocycles. The lowest BCUT2D eigenvalue weighted by molar-refractivity contribution is -0.111. The molecule has 5 rings (SSSR count). The molecule has 108 valence electrons. The number of halogens is 2. The first kappa shape index (κ1) is 13.7. The average Bonchev–Trinajstić information content (AvgIpc) is 2.53. The van der Waals surface area contributed by atoms with Gasteiger partial charge in [0.25, 0.3) is 0 Å². The first-order valence-electron chi connectivity index (χ1n) is 6.92. The molecular formula is C18H10Cl2O2. The molecule has 0 amide bonds. The molecule has 0 saturated carbocycles. The third kappa shape index (κ3) is 1.68. The van der Waals surface area contributed by atoms with Crippen LogP contribution < -0.4 is 0 Å². The minimum Gasteiger partial charge on any atom is -0.276 e. The highest BCUT2D eigenvalue weighted by Gasteiger charge is 2.46. The Morgan fingerprint density at radius 1 is 0.636 bits per heavy atom. The molecule has 0 fully saturated rings. The maximum absolute atomic E-state index is 12.0. The fraction of sp³-hybridized carbons (Fsp3) is 0.111. The molecule has 0 spiro atoms. The van der Waals surface area contributed by atoms with E-state index >= 15 is 0 Å². The third-order valence-corrected chi connectivity index (χ3v) is 4.93. The van der Waals surface area contributed by atoms with E-state index in [9.17, 15) is 9.59 Å². The number of allylic oxidation sites excluding steroid dienone is 2. The molecule has 0 aromatic heterocycles. The monoisotopic (exact) mass is 328 g/mol. The summed E-state index contributed by atoms with van der Waals surface area (Å²) in [5.41, 5.74) is 4.75. The normalized spacial score (nSPS) is 21.4. The van der Waals surface area contributed by atoms with Gasteiger partial charge in [0.1, 0.15) is 0 Å². The van der Waals surface area contributed by atoms with Gasteiger partial charge in [0.2, 0.25) is 10.5 Å². The van der Waals surface area contributed by atoms with E-state index in [2.05, 4.69) is 0 Å². The van der Waals surface area contributed by atoms with Gasteiger partial charge in [0.05, 0.1) is 0 Å². The van der Waals surface area contributed by atoms with Gasteiger partial charge in [-0.1, -0.05) is 48.5 Å². The van der Waals surface area contributed by atoms with Crippen LogP contribution in [0.2, 0.25) is 0 Å². The van der Waals surface area contributed by atoms with Crippen molar-refractivity contribution in [3.05, 3.63) is 81.9 Å². The van der Waals surface area contributed by atoms with Crippen LogP contribution in [0, 0.1) is 0 Å². The fourth-order valence-electron chi connectivity index (χ4n) is 3.78. The highest BCUT2D eigenvalue weighted by Crippen LogP contribution is 2.56. The predicted octanol–water partition coefficient (Wildman–Crippen LogP) is 4.10. The minimum absolute atomic E-state index is 0.319. The fourth-order valence-corrected chi connectivity index (χ4v) is 4.20. The van der Waals surface area contributed by atoms with Crippen molar-refractivity contribution in [2.75, 3.05) is 0 Å². The Bertz CT molecular complexity index is 749. The Labute approximate surface area is 137 Å². The van der Waals surface area contributed by atoms with Crippen molar-refractivity contribution in [2.24, 2.45) is 0 Å². The highest BCUT2D eigenvalue weighted by atomic mass is 35.5. The molecule has 0 N–H and O–H groups in total. The zero-order chi connectivity index (χ0) is 15.4. The quantitative estimate of drug-likeness (QED) is 0.777. The Morgan fingerprint density at radius 3 is 1.14 bits per heavy atom.